The molecule has 1 aromatic carbocycles. The van der Waals surface area contributed by atoms with Crippen molar-refractivity contribution < 1.29 is 18.7 Å². The van der Waals surface area contributed by atoms with Crippen molar-refractivity contribution >= 4 is 29.1 Å². The number of anilines is 1. The molecule has 114 valence electrons. The van der Waals surface area contributed by atoms with Gasteiger partial charge in [-0.2, -0.15) is 0 Å². The average molecular weight is 315 g/mol. The Balaban J connectivity index is 2.07. The van der Waals surface area contributed by atoms with Crippen molar-refractivity contribution in [3.63, 3.8) is 0 Å². The lowest BCUT2D eigenvalue weighted by molar-refractivity contribution is -0.152. The minimum Gasteiger partial charge on any atom is -0.375 e. The van der Waals surface area contributed by atoms with E-state index in [0.29, 0.717) is 13.2 Å². The number of morpholine rings is 1. The molecule has 0 bridgehead atoms. The number of amides is 2. The largest absolute Gasteiger partial charge is 0.375 e. The zero-order valence-corrected chi connectivity index (χ0v) is 12.5. The highest BCUT2D eigenvalue weighted by Crippen LogP contribution is 2.19. The van der Waals surface area contributed by atoms with Gasteiger partial charge in [0.25, 0.3) is 0 Å². The highest BCUT2D eigenvalue weighted by molar-refractivity contribution is 6.39. The Morgan fingerprint density at radius 1 is 1.38 bits per heavy atom. The fraction of sp³-hybridized carbons (Fsp3) is 0.429. The Morgan fingerprint density at radius 3 is 2.76 bits per heavy atom. The van der Waals surface area contributed by atoms with Crippen LogP contribution in [0.25, 0.3) is 0 Å². The number of nitrogens with zero attached hydrogens (tertiary/aromatic N) is 1. The Kier molecular flexibility index (Phi) is 4.80. The molecule has 21 heavy (non-hydrogen) atoms. The lowest BCUT2D eigenvalue weighted by Gasteiger charge is -2.37. The van der Waals surface area contributed by atoms with Gasteiger partial charge in [-0.25, -0.2) is 4.39 Å². The number of ether oxygens (including phenoxy) is 1. The third-order valence-corrected chi connectivity index (χ3v) is 3.68. The molecule has 1 aliphatic rings. The third-order valence-electron chi connectivity index (χ3n) is 3.46. The molecule has 1 heterocycles. The first-order valence-electron chi connectivity index (χ1n) is 6.58. The maximum atomic E-state index is 13.2. The predicted molar refractivity (Wildman–Crippen MR) is 76.6 cm³/mol. The van der Waals surface area contributed by atoms with Crippen LogP contribution in [0.1, 0.15) is 13.8 Å². The van der Waals surface area contributed by atoms with E-state index in [1.165, 1.54) is 11.0 Å². The van der Waals surface area contributed by atoms with Gasteiger partial charge in [0.15, 0.2) is 0 Å². The van der Waals surface area contributed by atoms with Gasteiger partial charge in [0.05, 0.1) is 18.8 Å². The van der Waals surface area contributed by atoms with Gasteiger partial charge in [0.1, 0.15) is 5.82 Å². The molecule has 1 fully saturated rings. The number of rotatable bonds is 1. The molecule has 5 nitrogen and oxygen atoms in total. The molecule has 2 amide bonds. The second kappa shape index (κ2) is 6.41. The van der Waals surface area contributed by atoms with Crippen molar-refractivity contribution in [1.82, 2.24) is 4.90 Å². The number of carbonyl (C=O) groups is 2. The van der Waals surface area contributed by atoms with E-state index in [0.717, 1.165) is 12.1 Å². The van der Waals surface area contributed by atoms with E-state index in [2.05, 4.69) is 5.32 Å². The minimum atomic E-state index is -0.822. The number of hydrogen-bond donors (Lipinski definition) is 1. The van der Waals surface area contributed by atoms with E-state index in [9.17, 15) is 14.0 Å². The van der Waals surface area contributed by atoms with Gasteiger partial charge < -0.3 is 15.0 Å². The summed E-state index contributed by atoms with van der Waals surface area (Å²) in [6, 6.07) is 3.39. The zero-order valence-electron chi connectivity index (χ0n) is 11.7. The standard InChI is InChI=1S/C14H16ClFN2O3/c1-8-9(2)21-4-3-18(8)14(20)13(19)17-12-6-10(15)5-11(16)7-12/h5-9H,3-4H2,1-2H3,(H,17,19)/t8-,9+/m1/s1. The molecule has 2 rings (SSSR count). The van der Waals surface area contributed by atoms with Crippen molar-refractivity contribution in [2.75, 3.05) is 18.5 Å². The summed E-state index contributed by atoms with van der Waals surface area (Å²) in [4.78, 5) is 25.6. The molecule has 0 aliphatic carbocycles. The van der Waals surface area contributed by atoms with Crippen LogP contribution in [0.4, 0.5) is 10.1 Å². The van der Waals surface area contributed by atoms with E-state index in [4.69, 9.17) is 16.3 Å². The van der Waals surface area contributed by atoms with Crippen molar-refractivity contribution in [2.45, 2.75) is 26.0 Å². The number of benzene rings is 1. The summed E-state index contributed by atoms with van der Waals surface area (Å²) >= 11 is 5.70. The Morgan fingerprint density at radius 2 is 2.10 bits per heavy atom. The summed E-state index contributed by atoms with van der Waals surface area (Å²) in [6.07, 6.45) is -0.140. The van der Waals surface area contributed by atoms with Gasteiger partial charge in [0, 0.05) is 17.3 Å². The first kappa shape index (κ1) is 15.7. The van der Waals surface area contributed by atoms with Gasteiger partial charge in [-0.3, -0.25) is 9.59 Å². The molecule has 1 saturated heterocycles. The SMILES string of the molecule is C[C@@H]1OCCN(C(=O)C(=O)Nc2cc(F)cc(Cl)c2)[C@@H]1C. The summed E-state index contributed by atoms with van der Waals surface area (Å²) < 4.78 is 18.6. The summed E-state index contributed by atoms with van der Waals surface area (Å²) in [5.74, 6) is -2.07. The van der Waals surface area contributed by atoms with Crippen molar-refractivity contribution in [3.05, 3.63) is 29.0 Å². The van der Waals surface area contributed by atoms with E-state index >= 15 is 0 Å². The van der Waals surface area contributed by atoms with Crippen LogP contribution in [0.5, 0.6) is 0 Å². The molecule has 0 saturated carbocycles. The zero-order chi connectivity index (χ0) is 15.6. The normalized spacial score (nSPS) is 22.0. The monoisotopic (exact) mass is 314 g/mol. The molecule has 0 radical (unpaired) electrons. The molecular weight excluding hydrogens is 299 g/mol. The van der Waals surface area contributed by atoms with Crippen molar-refractivity contribution in [2.24, 2.45) is 0 Å². The van der Waals surface area contributed by atoms with Crippen molar-refractivity contribution in [3.8, 4) is 0 Å². The molecular formula is C14H16ClFN2O3. The molecule has 2 atom stereocenters. The van der Waals surface area contributed by atoms with Crippen LogP contribution >= 0.6 is 11.6 Å². The summed E-state index contributed by atoms with van der Waals surface area (Å²) in [5.41, 5.74) is 0.146. The van der Waals surface area contributed by atoms with Gasteiger partial charge in [-0.05, 0) is 32.0 Å². The first-order valence-corrected chi connectivity index (χ1v) is 6.96. The molecule has 1 aromatic rings. The highest BCUT2D eigenvalue weighted by atomic mass is 35.5. The van der Waals surface area contributed by atoms with Gasteiger partial charge in [0.2, 0.25) is 0 Å². The quantitative estimate of drug-likeness (QED) is 0.807. The third kappa shape index (κ3) is 3.71. The molecule has 1 N–H and O–H groups in total. The van der Waals surface area contributed by atoms with Crippen LogP contribution in [-0.4, -0.2) is 42.0 Å². The number of nitrogens with one attached hydrogen (secondary N) is 1. The second-order valence-corrected chi connectivity index (χ2v) is 5.36. The smallest absolute Gasteiger partial charge is 0.313 e. The number of halogens is 2. The molecule has 0 aromatic heterocycles. The molecule has 7 heteroatoms. The second-order valence-electron chi connectivity index (χ2n) is 4.93. The maximum absolute atomic E-state index is 13.2. The summed E-state index contributed by atoms with van der Waals surface area (Å²) in [5, 5.41) is 2.51. The van der Waals surface area contributed by atoms with Crippen LogP contribution < -0.4 is 5.32 Å². The van der Waals surface area contributed by atoms with Crippen LogP contribution in [0, 0.1) is 5.82 Å². The first-order chi connectivity index (χ1) is 9.88. The van der Waals surface area contributed by atoms with Gasteiger partial charge >= 0.3 is 11.8 Å². The van der Waals surface area contributed by atoms with Gasteiger partial charge in [-0.1, -0.05) is 11.6 Å². The minimum absolute atomic E-state index is 0.140. The predicted octanol–water partition coefficient (Wildman–Crippen LogP) is 2.05. The van der Waals surface area contributed by atoms with E-state index in [1.54, 1.807) is 0 Å². The summed E-state index contributed by atoms with van der Waals surface area (Å²) in [6.45, 7) is 4.39. The molecule has 0 spiro atoms. The Hall–Kier alpha value is -1.66. The highest BCUT2D eigenvalue weighted by Gasteiger charge is 2.32. The van der Waals surface area contributed by atoms with Crippen LogP contribution in [0.2, 0.25) is 5.02 Å². The Bertz CT molecular complexity index is 547. The van der Waals surface area contributed by atoms with Gasteiger partial charge in [-0.15, -0.1) is 0 Å². The van der Waals surface area contributed by atoms with E-state index in [1.807, 2.05) is 13.8 Å². The maximum Gasteiger partial charge on any atom is 0.313 e. The lowest BCUT2D eigenvalue weighted by Crippen LogP contribution is -2.54. The number of hydrogen-bond acceptors (Lipinski definition) is 3. The number of carbonyl (C=O) groups excluding carboxylic acids is 2. The van der Waals surface area contributed by atoms with Crippen molar-refractivity contribution in [1.29, 1.82) is 0 Å². The lowest BCUT2D eigenvalue weighted by atomic mass is 10.1. The van der Waals surface area contributed by atoms with Crippen LogP contribution in [-0.2, 0) is 14.3 Å². The van der Waals surface area contributed by atoms with E-state index in [-0.39, 0.29) is 22.9 Å². The fourth-order valence-electron chi connectivity index (χ4n) is 2.16. The van der Waals surface area contributed by atoms with Crippen LogP contribution in [0.15, 0.2) is 18.2 Å². The van der Waals surface area contributed by atoms with Crippen LogP contribution in [0.3, 0.4) is 0 Å². The average Bonchev–Trinajstić information content (AvgIpc) is 2.40. The molecule has 0 unspecified atom stereocenters. The topological polar surface area (TPSA) is 58.6 Å². The Labute approximate surface area is 127 Å². The van der Waals surface area contributed by atoms with E-state index < -0.39 is 17.6 Å². The fourth-order valence-corrected chi connectivity index (χ4v) is 2.38. The molecule has 1 aliphatic heterocycles. The summed E-state index contributed by atoms with van der Waals surface area (Å²) in [7, 11) is 0.